The molecule has 0 aliphatic carbocycles. The van der Waals surface area contributed by atoms with Gasteiger partial charge in [-0.3, -0.25) is 4.57 Å². The van der Waals surface area contributed by atoms with Gasteiger partial charge in [0.2, 0.25) is 0 Å². The SMILES string of the molecule is CCOP(=O)(O)CCCc1cc(CN(C)C)[c-]c(CN(C)C)c1.[Cl][Pt]. The van der Waals surface area contributed by atoms with E-state index in [1.807, 2.05) is 28.2 Å². The Bertz CT molecular complexity index is 516. The number of hydrogen-bond donors (Lipinski definition) is 1. The fraction of sp³-hybridized carbons (Fsp3) is 0.647. The third-order valence-electron chi connectivity index (χ3n) is 3.25. The van der Waals surface area contributed by atoms with E-state index in [0.29, 0.717) is 6.42 Å². The molecule has 5 nitrogen and oxygen atoms in total. The number of nitrogens with zero attached hydrogens (tertiary/aromatic N) is 2. The van der Waals surface area contributed by atoms with Gasteiger partial charge in [-0.1, -0.05) is 0 Å². The van der Waals surface area contributed by atoms with E-state index in [9.17, 15) is 9.46 Å². The Morgan fingerprint density at radius 1 is 1.16 bits per heavy atom. The summed E-state index contributed by atoms with van der Waals surface area (Å²) in [4.78, 5) is 13.9. The molecule has 0 saturated heterocycles. The Morgan fingerprint density at radius 2 is 1.64 bits per heavy atom. The maximum absolute atomic E-state index is 11.7. The summed E-state index contributed by atoms with van der Waals surface area (Å²) < 4.78 is 16.7. The third kappa shape index (κ3) is 12.3. The molecule has 0 radical (unpaired) electrons. The van der Waals surface area contributed by atoms with Crippen LogP contribution in [-0.2, 0) is 47.4 Å². The zero-order valence-corrected chi connectivity index (χ0v) is 19.6. The van der Waals surface area contributed by atoms with Crippen molar-refractivity contribution in [2.75, 3.05) is 41.0 Å². The molecule has 8 heteroatoms. The third-order valence-corrected chi connectivity index (χ3v) is 4.79. The summed E-state index contributed by atoms with van der Waals surface area (Å²) in [6.07, 6.45) is 1.61. The van der Waals surface area contributed by atoms with Crippen molar-refractivity contribution in [2.45, 2.75) is 32.9 Å². The van der Waals surface area contributed by atoms with Crippen LogP contribution in [0.4, 0.5) is 0 Å². The average Bonchev–Trinajstić information content (AvgIpc) is 2.47. The molecule has 0 aliphatic rings. The van der Waals surface area contributed by atoms with Gasteiger partial charge in [0.25, 0.3) is 0 Å². The monoisotopic (exact) mass is 571 g/mol. The first-order chi connectivity index (χ1) is 11.7. The van der Waals surface area contributed by atoms with E-state index in [-0.39, 0.29) is 12.8 Å². The zero-order chi connectivity index (χ0) is 19.5. The maximum atomic E-state index is 11.7. The summed E-state index contributed by atoms with van der Waals surface area (Å²) in [7, 11) is 9.34. The quantitative estimate of drug-likeness (QED) is 0.345. The van der Waals surface area contributed by atoms with Crippen molar-refractivity contribution in [3.05, 3.63) is 34.9 Å². The van der Waals surface area contributed by atoms with Gasteiger partial charge in [-0.05, 0) is 48.0 Å². The Morgan fingerprint density at radius 3 is 2.04 bits per heavy atom. The minimum absolute atomic E-state index is 0.200. The molecule has 0 fully saturated rings. The van der Waals surface area contributed by atoms with E-state index in [2.05, 4.69) is 37.4 Å². The van der Waals surface area contributed by atoms with Crippen molar-refractivity contribution < 1.29 is 32.8 Å². The van der Waals surface area contributed by atoms with Crippen LogP contribution in [-0.4, -0.2) is 55.7 Å². The van der Waals surface area contributed by atoms with Crippen molar-refractivity contribution >= 4 is 17.0 Å². The molecular weight excluding hydrogens is 542 g/mol. The molecule has 1 N–H and O–H groups in total. The number of aryl methyl sites for hydroxylation is 1. The van der Waals surface area contributed by atoms with Crippen LogP contribution in [0.2, 0.25) is 0 Å². The topological polar surface area (TPSA) is 53.0 Å². The molecular formula is C17H30ClN2O3PPt-. The first-order valence-electron chi connectivity index (χ1n) is 8.13. The van der Waals surface area contributed by atoms with Crippen molar-refractivity contribution in [3.8, 4) is 0 Å². The first-order valence-corrected chi connectivity index (χ1v) is 12.7. The second-order valence-electron chi connectivity index (χ2n) is 6.40. The van der Waals surface area contributed by atoms with Crippen LogP contribution in [0.1, 0.15) is 30.0 Å². The predicted octanol–water partition coefficient (Wildman–Crippen LogP) is 3.45. The molecule has 0 aromatic heterocycles. The van der Waals surface area contributed by atoms with Gasteiger partial charge in [-0.2, -0.15) is 23.8 Å². The van der Waals surface area contributed by atoms with Crippen LogP contribution >= 0.6 is 17.0 Å². The van der Waals surface area contributed by atoms with Crippen LogP contribution in [0, 0.1) is 6.07 Å². The number of rotatable bonds is 10. The van der Waals surface area contributed by atoms with Gasteiger partial charge in [0, 0.05) is 13.1 Å². The van der Waals surface area contributed by atoms with Crippen LogP contribution in [0.25, 0.3) is 0 Å². The molecule has 1 aromatic carbocycles. The Kier molecular flexibility index (Phi) is 13.6. The molecule has 0 aliphatic heterocycles. The first kappa shape index (κ1) is 25.3. The summed E-state index contributed by atoms with van der Waals surface area (Å²) in [5, 5.41) is 0. The Labute approximate surface area is 168 Å². The van der Waals surface area contributed by atoms with E-state index < -0.39 is 7.60 Å². The standard InChI is InChI=1S/C17H30N2O3P.ClH.Pt/c1-6-22-23(20,21)9-7-8-15-10-16(13-18(2)3)12-17(11-15)14-19(4)5;;/h10-11H,6-9,13-14H2,1-5H3,(H,20,21);1H;/q-1;;+1/p-1. The van der Waals surface area contributed by atoms with Gasteiger partial charge < -0.3 is 19.2 Å². The normalized spacial score (nSPS) is 13.6. The van der Waals surface area contributed by atoms with Crippen LogP contribution in [0.3, 0.4) is 0 Å². The van der Waals surface area contributed by atoms with Crippen LogP contribution in [0.15, 0.2) is 12.1 Å². The molecule has 0 saturated carbocycles. The number of benzene rings is 1. The Balaban J connectivity index is 0.00000277. The van der Waals surface area contributed by atoms with Crippen LogP contribution in [0.5, 0.6) is 0 Å². The van der Waals surface area contributed by atoms with Crippen molar-refractivity contribution in [1.82, 2.24) is 9.80 Å². The van der Waals surface area contributed by atoms with Gasteiger partial charge in [-0.15, -0.1) is 11.1 Å². The Hall–Kier alpha value is 0.268. The molecule has 0 bridgehead atoms. The van der Waals surface area contributed by atoms with E-state index in [0.717, 1.165) is 30.6 Å². The zero-order valence-electron chi connectivity index (χ0n) is 15.7. The van der Waals surface area contributed by atoms with Gasteiger partial charge in [-0.25, -0.2) is 0 Å². The van der Waals surface area contributed by atoms with E-state index >= 15 is 0 Å². The van der Waals surface area contributed by atoms with Crippen LogP contribution < -0.4 is 0 Å². The summed E-state index contributed by atoms with van der Waals surface area (Å²) in [5.41, 5.74) is 3.50. The second-order valence-corrected chi connectivity index (χ2v) is 8.38. The summed E-state index contributed by atoms with van der Waals surface area (Å²) in [6, 6.07) is 7.74. The average molecular weight is 572 g/mol. The van der Waals surface area contributed by atoms with Gasteiger partial charge in [0.15, 0.2) is 0 Å². The minimum atomic E-state index is -3.42. The molecule has 1 atom stereocenters. The molecule has 0 amide bonds. The van der Waals surface area contributed by atoms with Gasteiger partial charge >= 0.3 is 35.8 Å². The molecule has 0 spiro atoms. The summed E-state index contributed by atoms with van der Waals surface area (Å²) in [5.74, 6) is 0. The fourth-order valence-electron chi connectivity index (χ4n) is 2.51. The molecule has 1 unspecified atom stereocenters. The van der Waals surface area contributed by atoms with Gasteiger partial charge in [0.1, 0.15) is 0 Å². The molecule has 149 valence electrons. The van der Waals surface area contributed by atoms with E-state index in [1.165, 1.54) is 5.56 Å². The number of hydrogen-bond acceptors (Lipinski definition) is 4. The predicted molar refractivity (Wildman–Crippen MR) is 101 cm³/mol. The van der Waals surface area contributed by atoms with E-state index in [4.69, 9.17) is 4.52 Å². The van der Waals surface area contributed by atoms with E-state index in [1.54, 1.807) is 25.7 Å². The second kappa shape index (κ2) is 13.4. The van der Waals surface area contributed by atoms with Crippen molar-refractivity contribution in [1.29, 1.82) is 0 Å². The fourth-order valence-corrected chi connectivity index (χ4v) is 3.60. The molecule has 1 aromatic rings. The summed E-state index contributed by atoms with van der Waals surface area (Å²) >= 11 is 1.61. The molecule has 25 heavy (non-hydrogen) atoms. The molecule has 0 heterocycles. The van der Waals surface area contributed by atoms with Crippen molar-refractivity contribution in [2.24, 2.45) is 0 Å². The van der Waals surface area contributed by atoms with Crippen molar-refractivity contribution in [3.63, 3.8) is 0 Å². The number of halogens is 1. The summed E-state index contributed by atoms with van der Waals surface area (Å²) in [6.45, 7) is 3.68. The van der Waals surface area contributed by atoms with Gasteiger partial charge in [0.05, 0.1) is 12.8 Å². The molecule has 1 rings (SSSR count).